The second-order valence-electron chi connectivity index (χ2n) is 5.75. The molecule has 9 heteroatoms. The minimum absolute atomic E-state index is 0. The molecule has 24 heavy (non-hydrogen) atoms. The molecule has 1 aliphatic rings. The third kappa shape index (κ3) is 6.06. The molecule has 1 aromatic carbocycles. The molecule has 0 aromatic heterocycles. The van der Waals surface area contributed by atoms with Crippen LogP contribution in [-0.2, 0) is 0 Å². The molecule has 3 N–H and O–H groups in total. The van der Waals surface area contributed by atoms with Crippen molar-refractivity contribution in [3.8, 4) is 0 Å². The zero-order chi connectivity index (χ0) is 17.0. The van der Waals surface area contributed by atoms with E-state index in [1.54, 1.807) is 0 Å². The SMILES string of the molecule is I.NC(=NCC1CCCC(C(F)(F)F)C1)Nc1cc(F)ccc1F. The monoisotopic (exact) mass is 463 g/mol. The predicted molar refractivity (Wildman–Crippen MR) is 93.4 cm³/mol. The molecule has 3 nitrogen and oxygen atoms in total. The fourth-order valence-electron chi connectivity index (χ4n) is 2.75. The summed E-state index contributed by atoms with van der Waals surface area (Å²) in [4.78, 5) is 3.96. The van der Waals surface area contributed by atoms with Gasteiger partial charge in [0.25, 0.3) is 0 Å². The number of guanidine groups is 1. The van der Waals surface area contributed by atoms with Crippen LogP contribution >= 0.6 is 24.0 Å². The molecule has 2 unspecified atom stereocenters. The Morgan fingerprint density at radius 1 is 1.25 bits per heavy atom. The third-order valence-electron chi connectivity index (χ3n) is 3.96. The van der Waals surface area contributed by atoms with Crippen LogP contribution in [0.15, 0.2) is 23.2 Å². The lowest BCUT2D eigenvalue weighted by Gasteiger charge is -2.29. The molecule has 1 aromatic rings. The lowest BCUT2D eigenvalue weighted by Crippen LogP contribution is -2.30. The standard InChI is InChI=1S/C15H18F5N3.HI/c16-11-4-5-12(17)13(7-11)23-14(21)22-8-9-2-1-3-10(6-9)15(18,19)20;/h4-5,7,9-10H,1-3,6,8H2,(H3,21,22,23);1H. The van der Waals surface area contributed by atoms with Gasteiger partial charge in [0.1, 0.15) is 11.6 Å². The molecular weight excluding hydrogens is 444 g/mol. The van der Waals surface area contributed by atoms with E-state index in [1.807, 2.05) is 0 Å². The molecule has 0 spiro atoms. The van der Waals surface area contributed by atoms with Crippen LogP contribution in [0, 0.1) is 23.5 Å². The molecule has 136 valence electrons. The predicted octanol–water partition coefficient (Wildman–Crippen LogP) is 4.68. The first-order valence-electron chi connectivity index (χ1n) is 7.34. The molecular formula is C15H19F5IN3. The largest absolute Gasteiger partial charge is 0.391 e. The van der Waals surface area contributed by atoms with Crippen LogP contribution in [0.4, 0.5) is 27.6 Å². The van der Waals surface area contributed by atoms with Crippen molar-refractivity contribution in [1.82, 2.24) is 0 Å². The van der Waals surface area contributed by atoms with Gasteiger partial charge in [0.05, 0.1) is 11.6 Å². The van der Waals surface area contributed by atoms with Crippen LogP contribution < -0.4 is 11.1 Å². The summed E-state index contributed by atoms with van der Waals surface area (Å²) >= 11 is 0. The maximum Gasteiger partial charge on any atom is 0.391 e. The molecule has 0 heterocycles. The van der Waals surface area contributed by atoms with E-state index in [0.717, 1.165) is 18.2 Å². The van der Waals surface area contributed by atoms with Crippen molar-refractivity contribution < 1.29 is 22.0 Å². The highest BCUT2D eigenvalue weighted by Gasteiger charge is 2.41. The van der Waals surface area contributed by atoms with E-state index in [0.29, 0.717) is 12.8 Å². The van der Waals surface area contributed by atoms with Crippen molar-refractivity contribution >= 4 is 35.6 Å². The first-order chi connectivity index (χ1) is 10.8. The van der Waals surface area contributed by atoms with Gasteiger partial charge in [0.2, 0.25) is 0 Å². The Hall–Kier alpha value is -1.13. The summed E-state index contributed by atoms with van der Waals surface area (Å²) in [5, 5.41) is 2.42. The highest BCUT2D eigenvalue weighted by molar-refractivity contribution is 14.0. The van der Waals surface area contributed by atoms with Crippen molar-refractivity contribution in [3.63, 3.8) is 0 Å². The van der Waals surface area contributed by atoms with Crippen LogP contribution in [0.3, 0.4) is 0 Å². The number of benzene rings is 1. The summed E-state index contributed by atoms with van der Waals surface area (Å²) in [5.41, 5.74) is 5.43. The Morgan fingerprint density at radius 3 is 2.62 bits per heavy atom. The van der Waals surface area contributed by atoms with Gasteiger partial charge in [-0.3, -0.25) is 4.99 Å². The van der Waals surface area contributed by atoms with E-state index in [-0.39, 0.29) is 60.9 Å². The Morgan fingerprint density at radius 2 is 1.96 bits per heavy atom. The average molecular weight is 463 g/mol. The Kier molecular flexibility index (Phi) is 7.68. The van der Waals surface area contributed by atoms with Crippen molar-refractivity contribution in [2.45, 2.75) is 31.9 Å². The Balaban J connectivity index is 0.00000288. The second-order valence-corrected chi connectivity index (χ2v) is 5.75. The van der Waals surface area contributed by atoms with E-state index in [2.05, 4.69) is 10.3 Å². The van der Waals surface area contributed by atoms with E-state index in [9.17, 15) is 22.0 Å². The van der Waals surface area contributed by atoms with E-state index < -0.39 is 23.7 Å². The molecule has 0 amide bonds. The van der Waals surface area contributed by atoms with E-state index in [1.165, 1.54) is 0 Å². The number of nitrogens with one attached hydrogen (secondary N) is 1. The van der Waals surface area contributed by atoms with Gasteiger partial charge in [-0.15, -0.1) is 24.0 Å². The van der Waals surface area contributed by atoms with Crippen LogP contribution in [-0.4, -0.2) is 18.7 Å². The average Bonchev–Trinajstić information content (AvgIpc) is 2.48. The second kappa shape index (κ2) is 8.82. The minimum atomic E-state index is -4.18. The number of hydrogen-bond donors (Lipinski definition) is 2. The zero-order valence-corrected chi connectivity index (χ0v) is 15.1. The molecule has 0 saturated heterocycles. The number of anilines is 1. The van der Waals surface area contributed by atoms with Gasteiger partial charge in [-0.1, -0.05) is 6.42 Å². The summed E-state index contributed by atoms with van der Waals surface area (Å²) in [5.74, 6) is -3.00. The molecule has 0 bridgehead atoms. The zero-order valence-electron chi connectivity index (χ0n) is 12.7. The number of halogens is 6. The molecule has 0 aliphatic heterocycles. The molecule has 1 fully saturated rings. The van der Waals surface area contributed by atoms with Crippen molar-refractivity contribution in [2.24, 2.45) is 22.6 Å². The van der Waals surface area contributed by atoms with Gasteiger partial charge < -0.3 is 11.1 Å². The first-order valence-corrected chi connectivity index (χ1v) is 7.34. The quantitative estimate of drug-likeness (QED) is 0.296. The van der Waals surface area contributed by atoms with Crippen LogP contribution in [0.5, 0.6) is 0 Å². The Bertz CT molecular complexity index is 577. The summed E-state index contributed by atoms with van der Waals surface area (Å²) in [6.45, 7) is 0.127. The third-order valence-corrected chi connectivity index (χ3v) is 3.96. The van der Waals surface area contributed by atoms with E-state index >= 15 is 0 Å². The van der Waals surface area contributed by atoms with Gasteiger partial charge in [0, 0.05) is 12.6 Å². The molecule has 2 atom stereocenters. The molecule has 1 aliphatic carbocycles. The van der Waals surface area contributed by atoms with Gasteiger partial charge in [0.15, 0.2) is 5.96 Å². The summed E-state index contributed by atoms with van der Waals surface area (Å²) < 4.78 is 64.7. The van der Waals surface area contributed by atoms with Crippen molar-refractivity contribution in [3.05, 3.63) is 29.8 Å². The first kappa shape index (κ1) is 20.9. The van der Waals surface area contributed by atoms with Gasteiger partial charge in [-0.05, 0) is 37.3 Å². The molecule has 2 rings (SSSR count). The number of nitrogens with two attached hydrogens (primary N) is 1. The van der Waals surface area contributed by atoms with Crippen LogP contribution in [0.25, 0.3) is 0 Å². The van der Waals surface area contributed by atoms with Gasteiger partial charge in [-0.25, -0.2) is 8.78 Å². The van der Waals surface area contributed by atoms with Crippen molar-refractivity contribution in [2.75, 3.05) is 11.9 Å². The number of hydrogen-bond acceptors (Lipinski definition) is 1. The van der Waals surface area contributed by atoms with Gasteiger partial charge in [-0.2, -0.15) is 13.2 Å². The maximum atomic E-state index is 13.4. The number of alkyl halides is 3. The summed E-state index contributed by atoms with van der Waals surface area (Å²) in [6, 6.07) is 2.84. The normalized spacial score (nSPS) is 22.0. The molecule has 1 saturated carbocycles. The highest BCUT2D eigenvalue weighted by atomic mass is 127. The maximum absolute atomic E-state index is 13.4. The number of nitrogens with zero attached hydrogens (tertiary/aromatic N) is 1. The summed E-state index contributed by atoms with van der Waals surface area (Å²) in [7, 11) is 0. The van der Waals surface area contributed by atoms with Crippen molar-refractivity contribution in [1.29, 1.82) is 0 Å². The molecule has 0 radical (unpaired) electrons. The highest BCUT2D eigenvalue weighted by Crippen LogP contribution is 2.39. The smallest absolute Gasteiger partial charge is 0.370 e. The lowest BCUT2D eigenvalue weighted by atomic mass is 9.81. The fourth-order valence-corrected chi connectivity index (χ4v) is 2.75. The van der Waals surface area contributed by atoms with Crippen LogP contribution in [0.1, 0.15) is 25.7 Å². The Labute approximate surface area is 153 Å². The minimum Gasteiger partial charge on any atom is -0.370 e. The topological polar surface area (TPSA) is 50.4 Å². The number of aliphatic imine (C=N–C) groups is 1. The summed E-state index contributed by atoms with van der Waals surface area (Å²) in [6.07, 6.45) is -2.87. The number of rotatable bonds is 3. The fraction of sp³-hybridized carbons (Fsp3) is 0.533. The van der Waals surface area contributed by atoms with Crippen LogP contribution in [0.2, 0.25) is 0 Å². The van der Waals surface area contributed by atoms with Gasteiger partial charge >= 0.3 is 6.18 Å². The lowest BCUT2D eigenvalue weighted by molar-refractivity contribution is -0.185. The van der Waals surface area contributed by atoms with E-state index in [4.69, 9.17) is 5.73 Å².